The predicted octanol–water partition coefficient (Wildman–Crippen LogP) is 3.28. The highest BCUT2D eigenvalue weighted by molar-refractivity contribution is 6.37. The fraction of sp³-hybridized carbons (Fsp3) is 0.111. The molecule has 2 nitrogen and oxygen atoms in total. The zero-order valence-corrected chi connectivity index (χ0v) is 8.15. The SMILES string of the molecule is [C-]#[N+]CC(=N)c1ccc(Cl)cc1Cl. The largest absolute Gasteiger partial charge is 0.310 e. The van der Waals surface area contributed by atoms with Crippen molar-refractivity contribution in [3.8, 4) is 0 Å². The summed E-state index contributed by atoms with van der Waals surface area (Å²) >= 11 is 11.5. The molecule has 1 rings (SSSR count). The lowest BCUT2D eigenvalue weighted by Crippen LogP contribution is -2.02. The maximum atomic E-state index is 7.50. The first-order chi connectivity index (χ1) is 6.15. The average molecular weight is 213 g/mol. The normalized spacial score (nSPS) is 9.31. The third-order valence-corrected chi connectivity index (χ3v) is 2.04. The van der Waals surface area contributed by atoms with E-state index in [1.54, 1.807) is 18.2 Å². The molecule has 66 valence electrons. The van der Waals surface area contributed by atoms with Gasteiger partial charge in [-0.15, -0.1) is 0 Å². The molecule has 0 heterocycles. The molecule has 0 saturated carbocycles. The van der Waals surface area contributed by atoms with E-state index >= 15 is 0 Å². The molecule has 0 amide bonds. The minimum atomic E-state index is 0.0430. The molecule has 0 bridgehead atoms. The van der Waals surface area contributed by atoms with Crippen LogP contribution in [0, 0.1) is 12.0 Å². The van der Waals surface area contributed by atoms with Crippen molar-refractivity contribution in [1.82, 2.24) is 0 Å². The maximum absolute atomic E-state index is 7.50. The lowest BCUT2D eigenvalue weighted by Gasteiger charge is -2.01. The molecule has 4 heteroatoms. The molecule has 0 aromatic heterocycles. The van der Waals surface area contributed by atoms with E-state index in [-0.39, 0.29) is 12.3 Å². The van der Waals surface area contributed by atoms with Crippen LogP contribution in [-0.2, 0) is 0 Å². The summed E-state index contributed by atoms with van der Waals surface area (Å²) in [7, 11) is 0. The molecule has 0 aliphatic carbocycles. The number of hydrogen-bond donors (Lipinski definition) is 1. The van der Waals surface area contributed by atoms with Gasteiger partial charge in [0, 0.05) is 10.6 Å². The Labute approximate surface area is 86.4 Å². The second kappa shape index (κ2) is 4.27. The van der Waals surface area contributed by atoms with Gasteiger partial charge >= 0.3 is 0 Å². The molecule has 0 aliphatic heterocycles. The fourth-order valence-electron chi connectivity index (χ4n) is 0.898. The van der Waals surface area contributed by atoms with Gasteiger partial charge in [-0.25, -0.2) is 6.57 Å². The van der Waals surface area contributed by atoms with Crippen molar-refractivity contribution in [2.24, 2.45) is 0 Å². The van der Waals surface area contributed by atoms with Crippen LogP contribution >= 0.6 is 23.2 Å². The Morgan fingerprint density at radius 3 is 2.69 bits per heavy atom. The van der Waals surface area contributed by atoms with Crippen LogP contribution in [0.2, 0.25) is 10.0 Å². The summed E-state index contributed by atoms with van der Waals surface area (Å²) in [5.74, 6) is 0. The molecule has 0 unspecified atom stereocenters. The highest BCUT2D eigenvalue weighted by Gasteiger charge is 2.08. The van der Waals surface area contributed by atoms with Crippen LogP contribution in [0.3, 0.4) is 0 Å². The molecule has 13 heavy (non-hydrogen) atoms. The van der Waals surface area contributed by atoms with Gasteiger partial charge in [-0.05, 0) is 18.2 Å². The van der Waals surface area contributed by atoms with Crippen molar-refractivity contribution in [2.75, 3.05) is 6.54 Å². The zero-order valence-electron chi connectivity index (χ0n) is 6.64. The average Bonchev–Trinajstić information content (AvgIpc) is 2.04. The van der Waals surface area contributed by atoms with Crippen LogP contribution in [0.15, 0.2) is 18.2 Å². The Morgan fingerprint density at radius 2 is 2.15 bits per heavy atom. The minimum Gasteiger partial charge on any atom is -0.310 e. The Balaban J connectivity index is 3.03. The highest BCUT2D eigenvalue weighted by Crippen LogP contribution is 2.21. The van der Waals surface area contributed by atoms with E-state index < -0.39 is 0 Å². The molecule has 1 aromatic carbocycles. The van der Waals surface area contributed by atoms with E-state index in [2.05, 4.69) is 4.85 Å². The standard InChI is InChI=1S/C9H6Cl2N2/c1-13-5-9(12)7-3-2-6(10)4-8(7)11/h2-4,12H,5H2. The van der Waals surface area contributed by atoms with Gasteiger partial charge in [-0.2, -0.15) is 0 Å². The molecule has 0 aliphatic rings. The van der Waals surface area contributed by atoms with Gasteiger partial charge in [0.1, 0.15) is 5.71 Å². The van der Waals surface area contributed by atoms with E-state index in [0.717, 1.165) is 0 Å². The van der Waals surface area contributed by atoms with Gasteiger partial charge in [0.2, 0.25) is 0 Å². The lowest BCUT2D eigenvalue weighted by molar-refractivity contribution is 1.41. The zero-order chi connectivity index (χ0) is 9.84. The molecule has 1 N–H and O–H groups in total. The van der Waals surface area contributed by atoms with Crippen LogP contribution < -0.4 is 0 Å². The van der Waals surface area contributed by atoms with Crippen molar-refractivity contribution < 1.29 is 0 Å². The second-order valence-electron chi connectivity index (χ2n) is 2.42. The van der Waals surface area contributed by atoms with Gasteiger partial charge in [0.05, 0.1) is 5.02 Å². The minimum absolute atomic E-state index is 0.0430. The smallest absolute Gasteiger partial charge is 0.256 e. The summed E-state index contributed by atoms with van der Waals surface area (Å²) in [6, 6.07) is 4.87. The van der Waals surface area contributed by atoms with Gasteiger partial charge < -0.3 is 4.85 Å². The molecule has 0 spiro atoms. The van der Waals surface area contributed by atoms with Crippen molar-refractivity contribution in [1.29, 1.82) is 5.41 Å². The van der Waals surface area contributed by atoms with E-state index in [1.807, 2.05) is 0 Å². The molecular weight excluding hydrogens is 207 g/mol. The van der Waals surface area contributed by atoms with Crippen molar-refractivity contribution in [3.05, 3.63) is 45.2 Å². The topological polar surface area (TPSA) is 28.2 Å². The summed E-state index contributed by atoms with van der Waals surface area (Å²) in [6.45, 7) is 6.65. The van der Waals surface area contributed by atoms with Crippen LogP contribution in [-0.4, -0.2) is 12.3 Å². The second-order valence-corrected chi connectivity index (χ2v) is 3.26. The van der Waals surface area contributed by atoms with E-state index in [4.69, 9.17) is 35.2 Å². The molecule has 0 atom stereocenters. The van der Waals surface area contributed by atoms with Crippen molar-refractivity contribution in [3.63, 3.8) is 0 Å². The molecule has 1 aromatic rings. The highest BCUT2D eigenvalue weighted by atomic mass is 35.5. The van der Waals surface area contributed by atoms with E-state index in [1.165, 1.54) is 0 Å². The van der Waals surface area contributed by atoms with Crippen LogP contribution in [0.5, 0.6) is 0 Å². The van der Waals surface area contributed by atoms with Crippen molar-refractivity contribution in [2.45, 2.75) is 0 Å². The third-order valence-electron chi connectivity index (χ3n) is 1.49. The summed E-state index contributed by atoms with van der Waals surface area (Å²) < 4.78 is 0. The first-order valence-electron chi connectivity index (χ1n) is 3.51. The van der Waals surface area contributed by atoms with Gasteiger partial charge in [-0.3, -0.25) is 5.41 Å². The van der Waals surface area contributed by atoms with Crippen LogP contribution in [0.25, 0.3) is 4.85 Å². The molecule has 0 fully saturated rings. The molecule has 0 saturated heterocycles. The molecule has 0 radical (unpaired) electrons. The summed E-state index contributed by atoms with van der Waals surface area (Å²) in [5, 5.41) is 8.45. The quantitative estimate of drug-likeness (QED) is 0.576. The van der Waals surface area contributed by atoms with Gasteiger partial charge in [-0.1, -0.05) is 23.2 Å². The Bertz CT molecular complexity index is 380. The van der Waals surface area contributed by atoms with E-state index in [9.17, 15) is 0 Å². The summed E-state index contributed by atoms with van der Waals surface area (Å²) in [4.78, 5) is 3.11. The number of nitrogens with zero attached hydrogens (tertiary/aromatic N) is 1. The predicted molar refractivity (Wildman–Crippen MR) is 54.8 cm³/mol. The fourth-order valence-corrected chi connectivity index (χ4v) is 1.42. The number of benzene rings is 1. The van der Waals surface area contributed by atoms with Crippen molar-refractivity contribution >= 4 is 28.9 Å². The van der Waals surface area contributed by atoms with Crippen LogP contribution in [0.4, 0.5) is 0 Å². The van der Waals surface area contributed by atoms with E-state index in [0.29, 0.717) is 15.6 Å². The lowest BCUT2D eigenvalue weighted by atomic mass is 10.1. The first-order valence-corrected chi connectivity index (χ1v) is 4.27. The number of rotatable bonds is 2. The maximum Gasteiger partial charge on any atom is 0.256 e. The van der Waals surface area contributed by atoms with Gasteiger partial charge in [0.25, 0.3) is 6.54 Å². The number of halogens is 2. The monoisotopic (exact) mass is 212 g/mol. The Hall–Kier alpha value is -1.04. The number of hydrogen-bond acceptors (Lipinski definition) is 1. The Morgan fingerprint density at radius 1 is 1.46 bits per heavy atom. The number of nitrogens with one attached hydrogen (secondary N) is 1. The molecular formula is C9H6Cl2N2. The summed E-state index contributed by atoms with van der Waals surface area (Å²) in [6.07, 6.45) is 0. The van der Waals surface area contributed by atoms with Gasteiger partial charge in [0.15, 0.2) is 0 Å². The summed E-state index contributed by atoms with van der Waals surface area (Å²) in [5.41, 5.74) is 0.790. The first kappa shape index (κ1) is 10.0. The third kappa shape index (κ3) is 2.45. The Kier molecular flexibility index (Phi) is 3.30. The van der Waals surface area contributed by atoms with Crippen LogP contribution in [0.1, 0.15) is 5.56 Å².